The number of piperidine rings is 1. The van der Waals surface area contributed by atoms with Gasteiger partial charge in [-0.25, -0.2) is 4.98 Å². The zero-order valence-corrected chi connectivity index (χ0v) is 21.0. The largest absolute Gasteiger partial charge is 0.341 e. The van der Waals surface area contributed by atoms with Crippen LogP contribution in [-0.4, -0.2) is 48.0 Å². The first kappa shape index (κ1) is 25.6. The molecule has 1 aliphatic rings. The van der Waals surface area contributed by atoms with Crippen LogP contribution in [0.25, 0.3) is 10.9 Å². The molecule has 3 aromatic rings. The lowest BCUT2D eigenvalue weighted by Crippen LogP contribution is -2.34. The van der Waals surface area contributed by atoms with Gasteiger partial charge in [-0.05, 0) is 63.5 Å². The topological polar surface area (TPSA) is 92.2 Å². The van der Waals surface area contributed by atoms with E-state index < -0.39 is 0 Å². The molecule has 2 aromatic heterocycles. The van der Waals surface area contributed by atoms with E-state index in [0.717, 1.165) is 54.7 Å². The monoisotopic (exact) mass is 484 g/mol. The highest BCUT2D eigenvalue weighted by atomic mass is 35.5. The van der Waals surface area contributed by atoms with Crippen molar-refractivity contribution in [2.75, 3.05) is 37.4 Å². The third-order valence-corrected chi connectivity index (χ3v) is 6.17. The average Bonchev–Trinajstić information content (AvgIpc) is 2.83. The van der Waals surface area contributed by atoms with Crippen molar-refractivity contribution in [3.8, 4) is 0 Å². The fourth-order valence-corrected chi connectivity index (χ4v) is 4.10. The maximum absolute atomic E-state index is 12.5. The Morgan fingerprint density at radius 1 is 1.21 bits per heavy atom. The lowest BCUT2D eigenvalue weighted by atomic mass is 10.00. The smallest absolute Gasteiger partial charge is 0.253 e. The van der Waals surface area contributed by atoms with Crippen molar-refractivity contribution in [3.05, 3.63) is 51.4 Å². The molecule has 9 heteroatoms. The molecule has 182 valence electrons. The van der Waals surface area contributed by atoms with Crippen LogP contribution in [0, 0.1) is 5.92 Å². The Balaban J connectivity index is 0.00000103. The van der Waals surface area contributed by atoms with E-state index in [1.807, 2.05) is 38.4 Å². The molecule has 0 amide bonds. The van der Waals surface area contributed by atoms with E-state index in [1.165, 1.54) is 0 Å². The minimum absolute atomic E-state index is 0.0746. The van der Waals surface area contributed by atoms with E-state index in [2.05, 4.69) is 32.4 Å². The van der Waals surface area contributed by atoms with Crippen molar-refractivity contribution < 1.29 is 4.79 Å². The molecule has 0 aliphatic carbocycles. The Bertz CT molecular complexity index is 1190. The van der Waals surface area contributed by atoms with Crippen LogP contribution >= 0.6 is 11.6 Å². The first-order valence-electron chi connectivity index (χ1n) is 11.6. The number of nitrogens with zero attached hydrogens (tertiary/aromatic N) is 4. The summed E-state index contributed by atoms with van der Waals surface area (Å²) in [4.78, 5) is 34.5. The molecule has 34 heavy (non-hydrogen) atoms. The molecule has 1 saturated heterocycles. The lowest BCUT2D eigenvalue weighted by Gasteiger charge is -2.30. The Hall–Kier alpha value is -2.97. The third-order valence-electron chi connectivity index (χ3n) is 5.89. The zero-order valence-electron chi connectivity index (χ0n) is 20.3. The van der Waals surface area contributed by atoms with Gasteiger partial charge in [-0.3, -0.25) is 4.79 Å². The van der Waals surface area contributed by atoms with E-state index in [4.69, 9.17) is 11.6 Å². The number of aldehydes is 1. The van der Waals surface area contributed by atoms with Crippen LogP contribution < -0.4 is 21.1 Å². The summed E-state index contributed by atoms with van der Waals surface area (Å²) < 4.78 is 1.62. The first-order chi connectivity index (χ1) is 16.4. The molecule has 0 saturated carbocycles. The minimum atomic E-state index is -0.0746. The summed E-state index contributed by atoms with van der Waals surface area (Å²) in [6.45, 7) is 4.15. The van der Waals surface area contributed by atoms with Crippen LogP contribution in [0.3, 0.4) is 0 Å². The number of halogens is 1. The molecule has 0 unspecified atom stereocenters. The summed E-state index contributed by atoms with van der Waals surface area (Å²) in [5.74, 6) is 1.96. The normalized spacial score (nSPS) is 14.0. The Kier molecular flexibility index (Phi) is 9.01. The first-order valence-corrected chi connectivity index (χ1v) is 11.9. The van der Waals surface area contributed by atoms with Gasteiger partial charge in [0.2, 0.25) is 5.95 Å². The van der Waals surface area contributed by atoms with Crippen LogP contribution in [0.15, 0.2) is 35.3 Å². The average molecular weight is 485 g/mol. The Morgan fingerprint density at radius 3 is 2.59 bits per heavy atom. The molecule has 3 heterocycles. The number of hydrogen-bond acceptors (Lipinski definition) is 7. The molecule has 0 spiro atoms. The van der Waals surface area contributed by atoms with Gasteiger partial charge in [-0.1, -0.05) is 18.5 Å². The lowest BCUT2D eigenvalue weighted by molar-refractivity contribution is -0.107. The van der Waals surface area contributed by atoms with Crippen LogP contribution in [0.5, 0.6) is 0 Å². The van der Waals surface area contributed by atoms with Gasteiger partial charge in [0.05, 0.1) is 11.7 Å². The van der Waals surface area contributed by atoms with Crippen molar-refractivity contribution >= 4 is 46.2 Å². The number of fused-ring (bicyclic) bond motifs is 1. The molecule has 2 N–H and O–H groups in total. The predicted molar refractivity (Wildman–Crippen MR) is 139 cm³/mol. The maximum atomic E-state index is 12.5. The van der Waals surface area contributed by atoms with Gasteiger partial charge in [-0.2, -0.15) is 4.98 Å². The van der Waals surface area contributed by atoms with Crippen molar-refractivity contribution in [2.45, 2.75) is 32.6 Å². The molecular weight excluding hydrogens is 452 g/mol. The summed E-state index contributed by atoms with van der Waals surface area (Å²) in [6, 6.07) is 7.60. The van der Waals surface area contributed by atoms with E-state index in [0.29, 0.717) is 35.2 Å². The van der Waals surface area contributed by atoms with Crippen LogP contribution in [0.2, 0.25) is 5.02 Å². The van der Waals surface area contributed by atoms with Crippen LogP contribution in [-0.2, 0) is 18.3 Å². The molecular formula is C25H33ClN6O2. The number of aromatic nitrogens is 3. The maximum Gasteiger partial charge on any atom is 0.253 e. The number of pyridine rings is 1. The standard InChI is InChI=1S/C23H26ClN5O2.C2H7N/c1-15-7-9-29(10-8-15)23-25-14-19(24)21(27-23)26-18-5-6-20-17(13-18)12-16(4-3-11-30)22(31)28(20)2;1-3-2/h5-6,11-15H,3-4,7-10H2,1-2H3,(H,25,26,27);3H,1-2H3. The summed E-state index contributed by atoms with van der Waals surface area (Å²) >= 11 is 6.37. The molecule has 1 aromatic carbocycles. The van der Waals surface area contributed by atoms with Gasteiger partial charge in [0.1, 0.15) is 11.3 Å². The SMILES string of the molecule is CC1CCN(c2ncc(Cl)c(Nc3ccc4c(c3)cc(CCC=O)c(=O)n4C)n2)CC1.CNC. The molecule has 8 nitrogen and oxygen atoms in total. The number of nitrogens with one attached hydrogen (secondary N) is 2. The van der Waals surface area contributed by atoms with Gasteiger partial charge in [0, 0.05) is 43.2 Å². The Labute approximate surface area is 205 Å². The summed E-state index contributed by atoms with van der Waals surface area (Å²) in [6.07, 6.45) is 5.48. The number of aryl methyl sites for hydroxylation is 2. The van der Waals surface area contributed by atoms with E-state index in [-0.39, 0.29) is 5.56 Å². The second-order valence-electron chi connectivity index (χ2n) is 8.67. The second kappa shape index (κ2) is 11.9. The molecule has 0 radical (unpaired) electrons. The highest BCUT2D eigenvalue weighted by Crippen LogP contribution is 2.28. The number of benzene rings is 1. The van der Waals surface area contributed by atoms with Crippen LogP contribution in [0.1, 0.15) is 31.7 Å². The number of carbonyl (C=O) groups excluding carboxylic acids is 1. The highest BCUT2D eigenvalue weighted by Gasteiger charge is 2.19. The number of carbonyl (C=O) groups is 1. The van der Waals surface area contributed by atoms with Gasteiger partial charge < -0.3 is 24.9 Å². The van der Waals surface area contributed by atoms with E-state index in [1.54, 1.807) is 17.8 Å². The van der Waals surface area contributed by atoms with Crippen molar-refractivity contribution in [1.29, 1.82) is 0 Å². The quantitative estimate of drug-likeness (QED) is 0.512. The van der Waals surface area contributed by atoms with Gasteiger partial charge in [0.25, 0.3) is 5.56 Å². The predicted octanol–water partition coefficient (Wildman–Crippen LogP) is 3.93. The summed E-state index contributed by atoms with van der Waals surface area (Å²) in [5, 5.41) is 7.40. The highest BCUT2D eigenvalue weighted by molar-refractivity contribution is 6.32. The number of rotatable bonds is 6. The fourth-order valence-electron chi connectivity index (χ4n) is 3.96. The molecule has 1 fully saturated rings. The number of anilines is 3. The van der Waals surface area contributed by atoms with Gasteiger partial charge in [0.15, 0.2) is 5.82 Å². The molecule has 0 bridgehead atoms. The third kappa shape index (κ3) is 6.12. The zero-order chi connectivity index (χ0) is 24.7. The van der Waals surface area contributed by atoms with Crippen molar-refractivity contribution in [3.63, 3.8) is 0 Å². The fraction of sp³-hybridized carbons (Fsp3) is 0.440. The molecule has 4 rings (SSSR count). The molecule has 0 atom stereocenters. The van der Waals surface area contributed by atoms with Crippen molar-refractivity contribution in [2.24, 2.45) is 13.0 Å². The summed E-state index contributed by atoms with van der Waals surface area (Å²) in [7, 11) is 5.50. The second-order valence-corrected chi connectivity index (χ2v) is 9.08. The van der Waals surface area contributed by atoms with E-state index in [9.17, 15) is 9.59 Å². The minimum Gasteiger partial charge on any atom is -0.341 e. The summed E-state index contributed by atoms with van der Waals surface area (Å²) in [5.41, 5.74) is 2.18. The Morgan fingerprint density at radius 2 is 1.91 bits per heavy atom. The molecule has 1 aliphatic heterocycles. The van der Waals surface area contributed by atoms with E-state index >= 15 is 0 Å². The number of hydrogen-bond donors (Lipinski definition) is 2. The van der Waals surface area contributed by atoms with Crippen LogP contribution in [0.4, 0.5) is 17.5 Å². The van der Waals surface area contributed by atoms with Crippen molar-refractivity contribution in [1.82, 2.24) is 19.9 Å². The van der Waals surface area contributed by atoms with Gasteiger partial charge >= 0.3 is 0 Å². The van der Waals surface area contributed by atoms with Gasteiger partial charge in [-0.15, -0.1) is 0 Å².